The number of fused-ring (bicyclic) bond motifs is 3. The van der Waals surface area contributed by atoms with E-state index in [1.807, 2.05) is 43.3 Å². The number of methoxy groups -OCH3 is 2. The molecule has 0 N–H and O–H groups in total. The summed E-state index contributed by atoms with van der Waals surface area (Å²) in [6.45, 7) is 7.05. The molecule has 2 fully saturated rings. The number of piperidine rings is 1. The van der Waals surface area contributed by atoms with Crippen LogP contribution in [0.1, 0.15) is 67.4 Å². The van der Waals surface area contributed by atoms with Crippen molar-refractivity contribution in [2.45, 2.75) is 76.9 Å². The normalized spacial score (nSPS) is 22.2. The quantitative estimate of drug-likeness (QED) is 0.380. The van der Waals surface area contributed by atoms with Crippen LogP contribution < -0.4 is 14.2 Å². The highest BCUT2D eigenvalue weighted by Gasteiger charge is 2.44. The molecule has 5 rings (SSSR count). The first kappa shape index (κ1) is 28.6. The molecule has 6 nitrogen and oxygen atoms in total. The molecule has 0 spiro atoms. The number of carbonyl (C=O) groups excluding carboxylic acids is 1. The van der Waals surface area contributed by atoms with E-state index in [2.05, 4.69) is 16.7 Å². The number of hydrogen-bond donors (Lipinski definition) is 0. The highest BCUT2D eigenvalue weighted by molar-refractivity contribution is 5.95. The first-order valence-electron chi connectivity index (χ1n) is 14.1. The fraction of sp³-hybridized carbons (Fsp3) is 0.581. The lowest BCUT2D eigenvalue weighted by molar-refractivity contribution is 0.0455. The molecule has 1 aliphatic carbocycles. The molecule has 2 bridgehead atoms. The Bertz CT molecular complexity index is 1060. The molecule has 2 aromatic rings. The molecular weight excluding hydrogens is 500 g/mol. The Morgan fingerprint density at radius 1 is 0.974 bits per heavy atom. The lowest BCUT2D eigenvalue weighted by Gasteiger charge is -2.41. The molecule has 7 heteroatoms. The van der Waals surface area contributed by atoms with Crippen molar-refractivity contribution in [2.75, 3.05) is 33.9 Å². The molecule has 0 saturated carbocycles. The van der Waals surface area contributed by atoms with Gasteiger partial charge in [0.05, 0.1) is 20.8 Å². The van der Waals surface area contributed by atoms with Crippen LogP contribution in [0.5, 0.6) is 17.2 Å². The summed E-state index contributed by atoms with van der Waals surface area (Å²) >= 11 is 0. The summed E-state index contributed by atoms with van der Waals surface area (Å²) in [6, 6.07) is 12.9. The molecule has 0 radical (unpaired) electrons. The van der Waals surface area contributed by atoms with E-state index in [0.29, 0.717) is 30.7 Å². The molecule has 2 aromatic carbocycles. The molecule has 2 aliphatic heterocycles. The number of hydrogen-bond acceptors (Lipinski definition) is 5. The molecule has 2 atom stereocenters. The molecule has 0 aromatic heterocycles. The SMILES string of the molecule is CCCN(CC1CC2CCC(C1)N2C(=O)c1cccc(OCC)c1)C1Cc2c(OC)ccc(OC)c2C1.Cl. The maximum atomic E-state index is 13.5. The highest BCUT2D eigenvalue weighted by Crippen LogP contribution is 2.42. The van der Waals surface area contributed by atoms with E-state index in [1.54, 1.807) is 14.2 Å². The number of halogens is 1. The second kappa shape index (κ2) is 12.6. The van der Waals surface area contributed by atoms with Crippen molar-refractivity contribution < 1.29 is 19.0 Å². The molecule has 2 unspecified atom stereocenters. The van der Waals surface area contributed by atoms with Crippen molar-refractivity contribution >= 4 is 18.3 Å². The lowest BCUT2D eigenvalue weighted by atomic mass is 9.89. The average molecular weight is 543 g/mol. The molecular formula is C31H43ClN2O4. The van der Waals surface area contributed by atoms with E-state index in [1.165, 1.54) is 11.1 Å². The molecule has 208 valence electrons. The largest absolute Gasteiger partial charge is 0.496 e. The fourth-order valence-electron chi connectivity index (χ4n) is 7.13. The van der Waals surface area contributed by atoms with E-state index in [4.69, 9.17) is 14.2 Å². The van der Waals surface area contributed by atoms with E-state index in [9.17, 15) is 4.79 Å². The monoisotopic (exact) mass is 542 g/mol. The van der Waals surface area contributed by atoms with E-state index in [-0.39, 0.29) is 18.3 Å². The number of benzene rings is 2. The Kier molecular flexibility index (Phi) is 9.48. The predicted molar refractivity (Wildman–Crippen MR) is 153 cm³/mol. The van der Waals surface area contributed by atoms with Crippen LogP contribution >= 0.6 is 12.4 Å². The van der Waals surface area contributed by atoms with Crippen LogP contribution in [-0.2, 0) is 12.8 Å². The van der Waals surface area contributed by atoms with Crippen molar-refractivity contribution in [3.63, 3.8) is 0 Å². The number of amides is 1. The van der Waals surface area contributed by atoms with Crippen molar-refractivity contribution in [2.24, 2.45) is 5.92 Å². The summed E-state index contributed by atoms with van der Waals surface area (Å²) in [5.74, 6) is 3.52. The highest BCUT2D eigenvalue weighted by atomic mass is 35.5. The Hall–Kier alpha value is -2.44. The maximum absolute atomic E-state index is 13.5. The predicted octanol–water partition coefficient (Wildman–Crippen LogP) is 5.79. The Balaban J connectivity index is 0.00000336. The van der Waals surface area contributed by atoms with Gasteiger partial charge in [-0.25, -0.2) is 0 Å². The van der Waals surface area contributed by atoms with Gasteiger partial charge in [0, 0.05) is 41.4 Å². The van der Waals surface area contributed by atoms with Gasteiger partial charge in [0.15, 0.2) is 0 Å². The number of nitrogens with zero attached hydrogens (tertiary/aromatic N) is 2. The van der Waals surface area contributed by atoms with Crippen LogP contribution in [0.15, 0.2) is 36.4 Å². The zero-order chi connectivity index (χ0) is 25.9. The first-order valence-corrected chi connectivity index (χ1v) is 14.1. The molecule has 1 amide bonds. The first-order chi connectivity index (χ1) is 18.1. The minimum atomic E-state index is 0. The van der Waals surface area contributed by atoms with Crippen molar-refractivity contribution in [3.8, 4) is 17.2 Å². The Labute approximate surface area is 234 Å². The zero-order valence-corrected chi connectivity index (χ0v) is 24.1. The third-order valence-electron chi connectivity index (χ3n) is 8.64. The van der Waals surface area contributed by atoms with Crippen LogP contribution in [0.4, 0.5) is 0 Å². The van der Waals surface area contributed by atoms with Crippen molar-refractivity contribution in [3.05, 3.63) is 53.1 Å². The molecule has 2 heterocycles. The summed E-state index contributed by atoms with van der Waals surface area (Å²) < 4.78 is 17.1. The average Bonchev–Trinajstić information content (AvgIpc) is 3.47. The molecule has 3 aliphatic rings. The number of rotatable bonds is 10. The van der Waals surface area contributed by atoms with Crippen molar-refractivity contribution in [1.82, 2.24) is 9.80 Å². The van der Waals surface area contributed by atoms with E-state index in [0.717, 1.165) is 80.8 Å². The summed E-state index contributed by atoms with van der Waals surface area (Å²) in [5.41, 5.74) is 3.37. The summed E-state index contributed by atoms with van der Waals surface area (Å²) in [4.78, 5) is 18.5. The van der Waals surface area contributed by atoms with Crippen LogP contribution in [0.2, 0.25) is 0 Å². The van der Waals surface area contributed by atoms with Gasteiger partial charge in [-0.05, 0) is 94.7 Å². The van der Waals surface area contributed by atoms with Crippen LogP contribution in [0, 0.1) is 5.92 Å². The standard InChI is InChI=1S/C31H42N2O4.ClH/c1-5-14-32(25-18-27-28(19-25)30(36-4)13-12-29(27)35-3)20-21-15-23-10-11-24(16-21)33(23)31(34)22-8-7-9-26(17-22)37-6-2;/h7-9,12-13,17,21,23-25H,5-6,10-11,14-16,18-20H2,1-4H3;1H. The van der Waals surface area contributed by atoms with Crippen LogP contribution in [0.3, 0.4) is 0 Å². The minimum absolute atomic E-state index is 0. The Morgan fingerprint density at radius 3 is 2.16 bits per heavy atom. The van der Waals surface area contributed by atoms with Gasteiger partial charge in [0.2, 0.25) is 0 Å². The summed E-state index contributed by atoms with van der Waals surface area (Å²) in [7, 11) is 3.52. The van der Waals surface area contributed by atoms with Gasteiger partial charge in [-0.1, -0.05) is 13.0 Å². The van der Waals surface area contributed by atoms with Gasteiger partial charge < -0.3 is 19.1 Å². The smallest absolute Gasteiger partial charge is 0.254 e. The summed E-state index contributed by atoms with van der Waals surface area (Å²) in [6.07, 6.45) is 7.59. The summed E-state index contributed by atoms with van der Waals surface area (Å²) in [5, 5.41) is 0. The number of ether oxygens (including phenoxy) is 3. The lowest BCUT2D eigenvalue weighted by Crippen LogP contribution is -2.49. The van der Waals surface area contributed by atoms with Crippen LogP contribution in [-0.4, -0.2) is 67.7 Å². The zero-order valence-electron chi connectivity index (χ0n) is 23.3. The molecule has 2 saturated heterocycles. The van der Waals surface area contributed by atoms with Gasteiger partial charge in [-0.2, -0.15) is 0 Å². The molecule has 38 heavy (non-hydrogen) atoms. The number of carbonyl (C=O) groups is 1. The van der Waals surface area contributed by atoms with Gasteiger partial charge >= 0.3 is 0 Å². The van der Waals surface area contributed by atoms with E-state index < -0.39 is 0 Å². The second-order valence-corrected chi connectivity index (χ2v) is 10.9. The third kappa shape index (κ3) is 5.62. The minimum Gasteiger partial charge on any atom is -0.496 e. The van der Waals surface area contributed by atoms with Crippen molar-refractivity contribution in [1.29, 1.82) is 0 Å². The second-order valence-electron chi connectivity index (χ2n) is 10.9. The van der Waals surface area contributed by atoms with Gasteiger partial charge in [-0.15, -0.1) is 12.4 Å². The van der Waals surface area contributed by atoms with Gasteiger partial charge in [0.25, 0.3) is 5.91 Å². The van der Waals surface area contributed by atoms with E-state index >= 15 is 0 Å². The fourth-order valence-corrected chi connectivity index (χ4v) is 7.13. The topological polar surface area (TPSA) is 51.2 Å². The Morgan fingerprint density at radius 2 is 1.61 bits per heavy atom. The maximum Gasteiger partial charge on any atom is 0.254 e. The van der Waals surface area contributed by atoms with Gasteiger partial charge in [-0.3, -0.25) is 9.69 Å². The van der Waals surface area contributed by atoms with Gasteiger partial charge in [0.1, 0.15) is 17.2 Å². The van der Waals surface area contributed by atoms with Crippen LogP contribution in [0.25, 0.3) is 0 Å². The third-order valence-corrected chi connectivity index (χ3v) is 8.64.